The molecular formula is C52H38N6O3+2. The van der Waals surface area contributed by atoms with Crippen LogP contribution in [-0.2, 0) is 26.2 Å². The van der Waals surface area contributed by atoms with Crippen molar-refractivity contribution < 1.29 is 23.1 Å². The highest BCUT2D eigenvalue weighted by Crippen LogP contribution is 2.26. The average Bonchev–Trinajstić information content (AvgIpc) is 4.03. The summed E-state index contributed by atoms with van der Waals surface area (Å²) in [4.78, 5) is 27.5. The fourth-order valence-electron chi connectivity index (χ4n) is 8.40. The number of rotatable bonds is 0. The van der Waals surface area contributed by atoms with Crippen LogP contribution in [0.5, 0.6) is 0 Å². The van der Waals surface area contributed by atoms with Gasteiger partial charge in [0.2, 0.25) is 24.4 Å². The van der Waals surface area contributed by atoms with Crippen LogP contribution in [0.3, 0.4) is 0 Å². The van der Waals surface area contributed by atoms with Gasteiger partial charge in [-0.3, -0.25) is 9.59 Å². The number of carbonyl (C=O) groups is 2. The molecule has 0 saturated carbocycles. The van der Waals surface area contributed by atoms with Crippen molar-refractivity contribution in [2.45, 2.75) is 26.2 Å². The molecule has 0 unspecified atom stereocenters. The van der Waals surface area contributed by atoms with E-state index in [1.165, 1.54) is 0 Å². The second kappa shape index (κ2) is 15.0. The van der Waals surface area contributed by atoms with Crippen molar-refractivity contribution in [3.63, 3.8) is 0 Å². The van der Waals surface area contributed by atoms with Crippen LogP contribution < -0.4 is 9.13 Å². The number of carbonyl (C=O) groups excluding carboxylic acids is 2. The van der Waals surface area contributed by atoms with Gasteiger partial charge in [0.15, 0.2) is 33.6 Å². The third kappa shape index (κ3) is 6.91. The summed E-state index contributed by atoms with van der Waals surface area (Å²) in [5.41, 5.74) is 12.7. The molecule has 0 radical (unpaired) electrons. The van der Waals surface area contributed by atoms with Crippen LogP contribution in [0.15, 0.2) is 187 Å². The van der Waals surface area contributed by atoms with Gasteiger partial charge < -0.3 is 4.42 Å². The number of nitrogens with zero attached hydrogens (tertiary/aromatic N) is 6. The van der Waals surface area contributed by atoms with Crippen LogP contribution in [0.1, 0.15) is 54.1 Å². The lowest BCUT2D eigenvalue weighted by atomic mass is 9.96. The predicted molar refractivity (Wildman–Crippen MR) is 232 cm³/mol. The molecule has 3 aromatic heterocycles. The number of imidazole rings is 2. The number of aromatic nitrogens is 6. The second-order valence-electron chi connectivity index (χ2n) is 15.7. The summed E-state index contributed by atoms with van der Waals surface area (Å²) in [5, 5.41) is 8.79. The lowest BCUT2D eigenvalue weighted by molar-refractivity contribution is -0.663. The Morgan fingerprint density at radius 2 is 0.803 bits per heavy atom. The van der Waals surface area contributed by atoms with E-state index in [9.17, 15) is 9.59 Å². The van der Waals surface area contributed by atoms with Gasteiger partial charge in [-0.25, -0.2) is 18.3 Å². The molecule has 0 amide bonds. The Bertz CT molecular complexity index is 3050. The number of ketones is 2. The quantitative estimate of drug-likeness (QED) is 0.143. The van der Waals surface area contributed by atoms with E-state index in [1.54, 1.807) is 24.3 Å². The Morgan fingerprint density at radius 3 is 1.25 bits per heavy atom. The first-order chi connectivity index (χ1) is 30.0. The number of hydrogen-bond acceptors (Lipinski definition) is 5. The molecule has 0 aliphatic carbocycles. The zero-order valence-electron chi connectivity index (χ0n) is 33.1. The van der Waals surface area contributed by atoms with Gasteiger partial charge in [0.05, 0.1) is 0 Å². The van der Waals surface area contributed by atoms with Gasteiger partial charge in [0, 0.05) is 33.4 Å². The maximum Gasteiger partial charge on any atom is 0.248 e. The molecule has 7 aliphatic rings. The molecule has 9 nitrogen and oxygen atoms in total. The maximum atomic E-state index is 13.7. The fourth-order valence-corrected chi connectivity index (χ4v) is 8.40. The molecule has 10 heterocycles. The summed E-state index contributed by atoms with van der Waals surface area (Å²) >= 11 is 0. The van der Waals surface area contributed by atoms with Crippen molar-refractivity contribution in [2.24, 2.45) is 0 Å². The number of benzene rings is 7. The summed E-state index contributed by atoms with van der Waals surface area (Å²) < 4.78 is 15.2. The standard InChI is InChI=1S/C52H38N6O3/c59-49-39-20-12-35(13-21-39)29-55-33-57(47-10-3-1-8-45(47)55)31-37-16-24-41(25-17-37)51-53-54-52(61-51)42-26-18-38(19-27-42)32-58-34-56(46-9-2-4-11-48(46)58)30-36-14-22-40(23-15-36)50(60)44-7-5-6-43(49)28-44/h1-28,33-34H,29-32H2/q+2. The van der Waals surface area contributed by atoms with Crippen LogP contribution in [0.4, 0.5) is 0 Å². The SMILES string of the molecule is O=C1c2ccc(cc2)C[n+]2cn(c3ccccc32)Cc2ccc(cc2)-c2nnc(o2)-c2ccc(cc2)Cn2c[n+](c3ccccc32)Cc2ccc(cc2)C(=O)c2cccc1c2. The molecule has 0 atom stereocenters. The van der Waals surface area contributed by atoms with Gasteiger partial charge in [0.1, 0.15) is 26.2 Å². The van der Waals surface area contributed by atoms with Gasteiger partial charge in [-0.2, -0.15) is 0 Å². The Kier molecular flexibility index (Phi) is 8.85. The number of fused-ring (bicyclic) bond motifs is 2. The lowest BCUT2D eigenvalue weighted by Gasteiger charge is -2.07. The van der Waals surface area contributed by atoms with Crippen molar-refractivity contribution in [3.8, 4) is 22.9 Å². The summed E-state index contributed by atoms with van der Waals surface area (Å²) in [6, 6.07) is 55.8. The highest BCUT2D eigenvalue weighted by atomic mass is 16.4. The summed E-state index contributed by atoms with van der Waals surface area (Å²) in [6.07, 6.45) is 4.29. The topological polar surface area (TPSA) is 90.7 Å². The summed E-state index contributed by atoms with van der Waals surface area (Å²) in [5.74, 6) is 0.684. The van der Waals surface area contributed by atoms with E-state index >= 15 is 0 Å². The van der Waals surface area contributed by atoms with Gasteiger partial charge in [-0.05, 0) is 76.9 Å². The molecule has 292 valence electrons. The van der Waals surface area contributed by atoms with Gasteiger partial charge in [-0.15, -0.1) is 10.2 Å². The molecule has 16 bridgehead atoms. The van der Waals surface area contributed by atoms with Crippen molar-refractivity contribution in [2.75, 3.05) is 0 Å². The van der Waals surface area contributed by atoms with Crippen molar-refractivity contribution in [1.82, 2.24) is 19.3 Å². The van der Waals surface area contributed by atoms with Crippen LogP contribution in [0, 0.1) is 0 Å². The van der Waals surface area contributed by atoms with E-state index in [1.807, 2.05) is 72.8 Å². The Morgan fingerprint density at radius 1 is 0.410 bits per heavy atom. The van der Waals surface area contributed by atoms with E-state index in [0.717, 1.165) is 55.4 Å². The molecule has 61 heavy (non-hydrogen) atoms. The molecule has 0 saturated heterocycles. The number of para-hydroxylation sites is 4. The molecule has 9 heteroatoms. The Labute approximate surface area is 351 Å². The zero-order valence-corrected chi connectivity index (χ0v) is 33.1. The monoisotopic (exact) mass is 794 g/mol. The minimum atomic E-state index is -0.128. The minimum Gasteiger partial charge on any atom is -0.416 e. The molecule has 17 rings (SSSR count). The molecule has 7 aliphatic heterocycles. The highest BCUT2D eigenvalue weighted by Gasteiger charge is 2.20. The molecule has 0 spiro atoms. The van der Waals surface area contributed by atoms with Crippen molar-refractivity contribution in [3.05, 3.63) is 227 Å². The maximum absolute atomic E-state index is 13.7. The second-order valence-corrected chi connectivity index (χ2v) is 15.7. The van der Waals surface area contributed by atoms with Crippen LogP contribution in [0.2, 0.25) is 0 Å². The summed E-state index contributed by atoms with van der Waals surface area (Å²) in [6.45, 7) is 2.62. The molecule has 7 aromatic carbocycles. The van der Waals surface area contributed by atoms with Gasteiger partial charge >= 0.3 is 0 Å². The molecular weight excluding hydrogens is 757 g/mol. The lowest BCUT2D eigenvalue weighted by Crippen LogP contribution is -2.32. The van der Waals surface area contributed by atoms with Gasteiger partial charge in [0.25, 0.3) is 0 Å². The Hall–Kier alpha value is -8.04. The minimum absolute atomic E-state index is 0.128. The molecule has 0 fully saturated rings. The van der Waals surface area contributed by atoms with E-state index in [2.05, 4.69) is 114 Å². The van der Waals surface area contributed by atoms with Crippen LogP contribution in [0.25, 0.3) is 45.0 Å². The largest absolute Gasteiger partial charge is 0.416 e. The molecule has 10 aromatic rings. The first kappa shape index (κ1) is 36.1. The van der Waals surface area contributed by atoms with Crippen molar-refractivity contribution >= 4 is 33.6 Å². The van der Waals surface area contributed by atoms with E-state index < -0.39 is 0 Å². The first-order valence-electron chi connectivity index (χ1n) is 20.3. The predicted octanol–water partition coefficient (Wildman–Crippen LogP) is 8.86. The Balaban J connectivity index is 0.947. The average molecular weight is 795 g/mol. The van der Waals surface area contributed by atoms with Crippen molar-refractivity contribution in [1.29, 1.82) is 0 Å². The smallest absolute Gasteiger partial charge is 0.248 e. The van der Waals surface area contributed by atoms with Crippen LogP contribution >= 0.6 is 0 Å². The van der Waals surface area contributed by atoms with Crippen LogP contribution in [-0.4, -0.2) is 30.9 Å². The normalized spacial score (nSPS) is 13.0. The fraction of sp³-hybridized carbons (Fsp3) is 0.0769. The summed E-state index contributed by atoms with van der Waals surface area (Å²) in [7, 11) is 0. The third-order valence-corrected chi connectivity index (χ3v) is 11.6. The van der Waals surface area contributed by atoms with Gasteiger partial charge in [-0.1, -0.05) is 115 Å². The third-order valence-electron chi connectivity index (χ3n) is 11.6. The highest BCUT2D eigenvalue weighted by molar-refractivity contribution is 6.13. The van der Waals surface area contributed by atoms with E-state index in [-0.39, 0.29) is 11.6 Å². The zero-order chi connectivity index (χ0) is 40.9. The molecule has 0 N–H and O–H groups in total. The first-order valence-corrected chi connectivity index (χ1v) is 20.3. The number of hydrogen-bond donors (Lipinski definition) is 0. The van der Waals surface area contributed by atoms with E-state index in [0.29, 0.717) is 60.2 Å². The van der Waals surface area contributed by atoms with E-state index in [4.69, 9.17) is 4.42 Å².